The number of hydrogen-bond acceptors (Lipinski definition) is 5. The number of hydrogen-bond donors (Lipinski definition) is 1. The molecular weight excluding hydrogens is 374 g/mol. The van der Waals surface area contributed by atoms with E-state index in [0.717, 1.165) is 49.9 Å². The Kier molecular flexibility index (Phi) is 5.85. The summed E-state index contributed by atoms with van der Waals surface area (Å²) in [6.45, 7) is 1.44. The molecule has 7 nitrogen and oxygen atoms in total. The molecule has 1 N–H and O–H groups in total. The van der Waals surface area contributed by atoms with Crippen LogP contribution in [0.15, 0.2) is 29.8 Å². The maximum atomic E-state index is 12.7. The number of nitrogens with zero attached hydrogens (tertiary/aromatic N) is 4. The third kappa shape index (κ3) is 4.86. The molecule has 1 saturated carbocycles. The number of aryl methyl sites for hydroxylation is 1. The van der Waals surface area contributed by atoms with Crippen molar-refractivity contribution in [3.05, 3.63) is 40.4 Å². The Balaban J connectivity index is 1.32. The molecule has 2 fully saturated rings. The van der Waals surface area contributed by atoms with Crippen LogP contribution in [-0.2, 0) is 11.3 Å². The first-order valence-electron chi connectivity index (χ1n) is 9.92. The summed E-state index contributed by atoms with van der Waals surface area (Å²) in [5.41, 5.74) is 0.363. The molecule has 1 aliphatic carbocycles. The number of likely N-dealkylation sites (tertiary alicyclic amines) is 1. The van der Waals surface area contributed by atoms with Gasteiger partial charge in [-0.3, -0.25) is 14.3 Å². The van der Waals surface area contributed by atoms with Crippen molar-refractivity contribution in [1.29, 1.82) is 0 Å². The topological polar surface area (TPSA) is 80.1 Å². The van der Waals surface area contributed by atoms with E-state index < -0.39 is 0 Å². The Labute approximate surface area is 168 Å². The van der Waals surface area contributed by atoms with Crippen LogP contribution in [-0.4, -0.2) is 50.3 Å². The number of rotatable bonds is 7. The minimum absolute atomic E-state index is 0.0705. The van der Waals surface area contributed by atoms with E-state index in [0.29, 0.717) is 18.3 Å². The summed E-state index contributed by atoms with van der Waals surface area (Å²) in [4.78, 5) is 27.8. The predicted octanol–water partition coefficient (Wildman–Crippen LogP) is 2.72. The van der Waals surface area contributed by atoms with Crippen molar-refractivity contribution in [1.82, 2.24) is 25.2 Å². The van der Waals surface area contributed by atoms with Gasteiger partial charge in [0.1, 0.15) is 0 Å². The first-order valence-corrected chi connectivity index (χ1v) is 10.8. The average Bonchev–Trinajstić information content (AvgIpc) is 3.19. The minimum Gasteiger partial charge on any atom is -0.348 e. The Morgan fingerprint density at radius 3 is 2.96 bits per heavy atom. The Morgan fingerprint density at radius 1 is 1.29 bits per heavy atom. The third-order valence-electron chi connectivity index (χ3n) is 5.22. The highest BCUT2D eigenvalue weighted by atomic mass is 32.1. The van der Waals surface area contributed by atoms with E-state index >= 15 is 0 Å². The van der Waals surface area contributed by atoms with Gasteiger partial charge in [0.15, 0.2) is 5.69 Å². The summed E-state index contributed by atoms with van der Waals surface area (Å²) >= 11 is 1.62. The largest absolute Gasteiger partial charge is 0.348 e. The fourth-order valence-electron chi connectivity index (χ4n) is 3.51. The molecule has 28 heavy (non-hydrogen) atoms. The van der Waals surface area contributed by atoms with Crippen molar-refractivity contribution in [2.75, 3.05) is 6.54 Å². The molecular formula is C20H25N5O2S. The standard InChI is InChI=1S/C20H25N5O2S/c26-19(9-8-17-5-3-13-28-17)25-11-2-1-4-16(25)10-12-24-14-18(22-23-24)20(27)21-15-6-7-15/h3,5,8-9,13-16H,1-2,4,6-7,10-12H2,(H,21,27)/b9-8+. The van der Waals surface area contributed by atoms with Crippen LogP contribution in [0.2, 0.25) is 0 Å². The van der Waals surface area contributed by atoms with Gasteiger partial charge in [0.25, 0.3) is 5.91 Å². The molecule has 0 bridgehead atoms. The van der Waals surface area contributed by atoms with E-state index in [9.17, 15) is 9.59 Å². The minimum atomic E-state index is -0.151. The highest BCUT2D eigenvalue weighted by Gasteiger charge is 2.26. The summed E-state index contributed by atoms with van der Waals surface area (Å²) < 4.78 is 1.71. The molecule has 4 rings (SSSR count). The zero-order valence-electron chi connectivity index (χ0n) is 15.8. The SMILES string of the molecule is O=C(NC1CC1)c1cn(CCC2CCCCN2C(=O)/C=C/c2cccs2)nn1. The van der Waals surface area contributed by atoms with E-state index in [-0.39, 0.29) is 17.9 Å². The Hall–Kier alpha value is -2.48. The van der Waals surface area contributed by atoms with Crippen molar-refractivity contribution >= 4 is 29.2 Å². The third-order valence-corrected chi connectivity index (χ3v) is 6.06. The average molecular weight is 400 g/mol. The maximum Gasteiger partial charge on any atom is 0.273 e. The quantitative estimate of drug-likeness (QED) is 0.726. The van der Waals surface area contributed by atoms with Gasteiger partial charge in [0, 0.05) is 36.1 Å². The molecule has 1 unspecified atom stereocenters. The number of nitrogens with one attached hydrogen (secondary N) is 1. The van der Waals surface area contributed by atoms with Crippen LogP contribution in [0.4, 0.5) is 0 Å². The first kappa shape index (κ1) is 18.9. The van der Waals surface area contributed by atoms with Gasteiger partial charge < -0.3 is 10.2 Å². The number of carbonyl (C=O) groups is 2. The van der Waals surface area contributed by atoms with Crippen LogP contribution in [0.25, 0.3) is 6.08 Å². The first-order chi connectivity index (χ1) is 13.7. The number of piperidine rings is 1. The van der Waals surface area contributed by atoms with Crippen LogP contribution in [0.5, 0.6) is 0 Å². The second-order valence-electron chi connectivity index (χ2n) is 7.43. The summed E-state index contributed by atoms with van der Waals surface area (Å²) in [5.74, 6) is -0.0804. The normalized spacial score (nSPS) is 19.9. The number of aromatic nitrogens is 3. The second kappa shape index (κ2) is 8.68. The molecule has 2 aliphatic rings. The fraction of sp³-hybridized carbons (Fsp3) is 0.500. The van der Waals surface area contributed by atoms with E-state index in [4.69, 9.17) is 0 Å². The lowest BCUT2D eigenvalue weighted by atomic mass is 9.99. The van der Waals surface area contributed by atoms with Gasteiger partial charge in [0.2, 0.25) is 5.91 Å². The molecule has 2 aromatic heterocycles. The molecule has 1 saturated heterocycles. The van der Waals surface area contributed by atoms with Crippen molar-refractivity contribution in [2.24, 2.45) is 0 Å². The number of thiophene rings is 1. The highest BCUT2D eigenvalue weighted by Crippen LogP contribution is 2.22. The molecule has 0 spiro atoms. The molecule has 1 aliphatic heterocycles. The van der Waals surface area contributed by atoms with E-state index in [1.54, 1.807) is 28.3 Å². The van der Waals surface area contributed by atoms with E-state index in [1.165, 1.54) is 0 Å². The number of carbonyl (C=O) groups excluding carboxylic acids is 2. The summed E-state index contributed by atoms with van der Waals surface area (Å²) in [6.07, 6.45) is 11.4. The van der Waals surface area contributed by atoms with Gasteiger partial charge in [0.05, 0.1) is 6.20 Å². The van der Waals surface area contributed by atoms with Crippen LogP contribution in [0.1, 0.15) is 53.9 Å². The van der Waals surface area contributed by atoms with Gasteiger partial charge in [-0.1, -0.05) is 11.3 Å². The van der Waals surface area contributed by atoms with Crippen LogP contribution >= 0.6 is 11.3 Å². The lowest BCUT2D eigenvalue weighted by Gasteiger charge is -2.35. The Morgan fingerprint density at radius 2 is 2.18 bits per heavy atom. The summed E-state index contributed by atoms with van der Waals surface area (Å²) in [6, 6.07) is 4.49. The zero-order chi connectivity index (χ0) is 19.3. The van der Waals surface area contributed by atoms with Gasteiger partial charge >= 0.3 is 0 Å². The van der Waals surface area contributed by atoms with Crippen molar-refractivity contribution < 1.29 is 9.59 Å². The molecule has 148 valence electrons. The summed E-state index contributed by atoms with van der Waals surface area (Å²) in [7, 11) is 0. The van der Waals surface area contributed by atoms with Crippen molar-refractivity contribution in [3.8, 4) is 0 Å². The Bertz CT molecular complexity index is 841. The van der Waals surface area contributed by atoms with Gasteiger partial charge in [-0.05, 0) is 56.0 Å². The highest BCUT2D eigenvalue weighted by molar-refractivity contribution is 7.10. The molecule has 0 aromatic carbocycles. The van der Waals surface area contributed by atoms with Crippen molar-refractivity contribution in [3.63, 3.8) is 0 Å². The number of amides is 2. The molecule has 2 amide bonds. The fourth-order valence-corrected chi connectivity index (χ4v) is 4.12. The maximum absolute atomic E-state index is 12.7. The molecule has 1 atom stereocenters. The van der Waals surface area contributed by atoms with Crippen LogP contribution in [0.3, 0.4) is 0 Å². The molecule has 3 heterocycles. The van der Waals surface area contributed by atoms with E-state index in [2.05, 4.69) is 15.6 Å². The van der Waals surface area contributed by atoms with Gasteiger partial charge in [-0.2, -0.15) is 0 Å². The monoisotopic (exact) mass is 399 g/mol. The molecule has 8 heteroatoms. The van der Waals surface area contributed by atoms with Gasteiger partial charge in [-0.25, -0.2) is 0 Å². The zero-order valence-corrected chi connectivity index (χ0v) is 16.6. The van der Waals surface area contributed by atoms with Crippen LogP contribution in [0, 0.1) is 0 Å². The summed E-state index contributed by atoms with van der Waals surface area (Å²) in [5, 5.41) is 13.0. The second-order valence-corrected chi connectivity index (χ2v) is 8.41. The lowest BCUT2D eigenvalue weighted by Crippen LogP contribution is -2.43. The lowest BCUT2D eigenvalue weighted by molar-refractivity contribution is -0.129. The van der Waals surface area contributed by atoms with Crippen LogP contribution < -0.4 is 5.32 Å². The molecule has 0 radical (unpaired) electrons. The van der Waals surface area contributed by atoms with Gasteiger partial charge in [-0.15, -0.1) is 16.4 Å². The van der Waals surface area contributed by atoms with E-state index in [1.807, 2.05) is 28.5 Å². The smallest absolute Gasteiger partial charge is 0.273 e. The van der Waals surface area contributed by atoms with Crippen molar-refractivity contribution in [2.45, 2.75) is 57.2 Å². The predicted molar refractivity (Wildman–Crippen MR) is 108 cm³/mol. The molecule has 2 aromatic rings.